The second-order valence-corrected chi connectivity index (χ2v) is 11.8. The van der Waals surface area contributed by atoms with Gasteiger partial charge in [-0.3, -0.25) is 0 Å². The molecule has 0 saturated heterocycles. The highest BCUT2D eigenvalue weighted by molar-refractivity contribution is 7.26. The molecular weight excluding hydrogens is 448 g/mol. The van der Waals surface area contributed by atoms with E-state index in [1.807, 2.05) is 22.7 Å². The molecule has 0 spiro atoms. The first-order chi connectivity index (χ1) is 16.6. The number of thiophene rings is 2. The predicted octanol–water partition coefficient (Wildman–Crippen LogP) is 10.5. The highest BCUT2D eigenvalue weighted by Gasteiger charge is 2.12. The zero-order valence-corrected chi connectivity index (χ0v) is 20.5. The summed E-state index contributed by atoms with van der Waals surface area (Å²) in [6, 6.07) is 32.6. The summed E-state index contributed by atoms with van der Waals surface area (Å²) in [6.07, 6.45) is 0. The third-order valence-electron chi connectivity index (χ3n) is 7.25. The largest absolute Gasteiger partial charge is 0.135 e. The molecule has 0 aliphatic carbocycles. The van der Waals surface area contributed by atoms with Crippen molar-refractivity contribution in [1.82, 2.24) is 0 Å². The van der Waals surface area contributed by atoms with Gasteiger partial charge in [0.2, 0.25) is 0 Å². The van der Waals surface area contributed by atoms with Crippen LogP contribution < -0.4 is 0 Å². The van der Waals surface area contributed by atoms with Gasteiger partial charge in [0, 0.05) is 40.3 Å². The van der Waals surface area contributed by atoms with Crippen LogP contribution in [0.2, 0.25) is 0 Å². The third kappa shape index (κ3) is 2.64. The van der Waals surface area contributed by atoms with E-state index < -0.39 is 0 Å². The molecule has 160 valence electrons. The molecule has 34 heavy (non-hydrogen) atoms. The SMILES string of the molecule is Cc1ccc2cc3sc4cc5cc6c(cc5cc4c3cc2c1)sc1cc2ccc(C)cc2cc16. The lowest BCUT2D eigenvalue weighted by Crippen LogP contribution is -1.77. The van der Waals surface area contributed by atoms with Crippen LogP contribution in [0, 0.1) is 13.8 Å². The van der Waals surface area contributed by atoms with Gasteiger partial charge in [0.15, 0.2) is 0 Å². The minimum Gasteiger partial charge on any atom is -0.135 e. The van der Waals surface area contributed by atoms with Crippen molar-refractivity contribution in [3.63, 3.8) is 0 Å². The molecule has 0 atom stereocenters. The van der Waals surface area contributed by atoms with Gasteiger partial charge in [-0.25, -0.2) is 0 Å². The lowest BCUT2D eigenvalue weighted by molar-refractivity contribution is 1.51. The van der Waals surface area contributed by atoms with Crippen molar-refractivity contribution in [2.24, 2.45) is 0 Å². The summed E-state index contributed by atoms with van der Waals surface area (Å²) in [5.41, 5.74) is 2.62. The minimum atomic E-state index is 1.31. The van der Waals surface area contributed by atoms with Gasteiger partial charge < -0.3 is 0 Å². The summed E-state index contributed by atoms with van der Waals surface area (Å²) >= 11 is 3.83. The van der Waals surface area contributed by atoms with E-state index in [2.05, 4.69) is 98.8 Å². The Morgan fingerprint density at radius 1 is 0.353 bits per heavy atom. The van der Waals surface area contributed by atoms with Crippen molar-refractivity contribution in [1.29, 1.82) is 0 Å². The topological polar surface area (TPSA) is 0 Å². The number of fused-ring (bicyclic) bond motifs is 9. The van der Waals surface area contributed by atoms with Gasteiger partial charge in [0.25, 0.3) is 0 Å². The normalized spacial score (nSPS) is 12.4. The van der Waals surface area contributed by atoms with E-state index in [1.54, 1.807) is 0 Å². The molecule has 6 aromatic carbocycles. The molecular formula is C32H20S2. The standard InChI is InChI=1S/C32H20S2/c1-17-3-5-19-13-29-25(9-21(19)7-17)27-11-23-16-32-28(12-24(23)15-31(27)33-29)26-10-22-8-18(2)4-6-20(22)14-30(26)34-32/h3-16H,1-2H3. The fourth-order valence-electron chi connectivity index (χ4n) is 5.52. The van der Waals surface area contributed by atoms with Crippen LogP contribution in [0.25, 0.3) is 72.7 Å². The molecule has 0 fully saturated rings. The summed E-state index contributed by atoms with van der Waals surface area (Å²) in [7, 11) is 0. The maximum Gasteiger partial charge on any atom is 0.0361 e. The van der Waals surface area contributed by atoms with E-state index in [0.29, 0.717) is 0 Å². The van der Waals surface area contributed by atoms with Crippen molar-refractivity contribution in [2.45, 2.75) is 13.8 Å². The molecule has 0 radical (unpaired) electrons. The second-order valence-electron chi connectivity index (χ2n) is 9.65. The Balaban J connectivity index is 1.44. The molecule has 0 unspecified atom stereocenters. The molecule has 0 N–H and O–H groups in total. The lowest BCUT2D eigenvalue weighted by Gasteiger charge is -2.03. The average molecular weight is 469 g/mol. The average Bonchev–Trinajstić information content (AvgIpc) is 3.34. The summed E-state index contributed by atoms with van der Waals surface area (Å²) in [4.78, 5) is 0. The molecule has 0 amide bonds. The molecule has 0 aliphatic rings. The number of rotatable bonds is 0. The first-order valence-electron chi connectivity index (χ1n) is 11.7. The van der Waals surface area contributed by atoms with Gasteiger partial charge in [-0.2, -0.15) is 0 Å². The predicted molar refractivity (Wildman–Crippen MR) is 154 cm³/mol. The van der Waals surface area contributed by atoms with E-state index in [-0.39, 0.29) is 0 Å². The van der Waals surface area contributed by atoms with Gasteiger partial charge in [-0.15, -0.1) is 22.7 Å². The van der Waals surface area contributed by atoms with Crippen molar-refractivity contribution in [2.75, 3.05) is 0 Å². The number of hydrogen-bond donors (Lipinski definition) is 0. The van der Waals surface area contributed by atoms with E-state index in [0.717, 1.165) is 0 Å². The molecule has 0 bridgehead atoms. The molecule has 0 nitrogen and oxygen atoms in total. The van der Waals surface area contributed by atoms with Crippen LogP contribution in [-0.4, -0.2) is 0 Å². The zero-order valence-electron chi connectivity index (χ0n) is 18.9. The molecule has 2 heterocycles. The highest BCUT2D eigenvalue weighted by atomic mass is 32.1. The highest BCUT2D eigenvalue weighted by Crippen LogP contribution is 2.42. The Hall–Kier alpha value is -3.46. The summed E-state index contributed by atoms with van der Waals surface area (Å²) in [6.45, 7) is 4.34. The Morgan fingerprint density at radius 2 is 0.676 bits per heavy atom. The molecule has 8 rings (SSSR count). The van der Waals surface area contributed by atoms with Crippen LogP contribution in [0.5, 0.6) is 0 Å². The smallest absolute Gasteiger partial charge is 0.0361 e. The third-order valence-corrected chi connectivity index (χ3v) is 9.48. The van der Waals surface area contributed by atoms with E-state index in [4.69, 9.17) is 0 Å². The Morgan fingerprint density at radius 3 is 1.06 bits per heavy atom. The Kier molecular flexibility index (Phi) is 3.65. The Bertz CT molecular complexity index is 1980. The fraction of sp³-hybridized carbons (Fsp3) is 0.0625. The van der Waals surface area contributed by atoms with Gasteiger partial charge in [-0.05, 0) is 94.7 Å². The van der Waals surface area contributed by atoms with E-state index >= 15 is 0 Å². The van der Waals surface area contributed by atoms with Gasteiger partial charge in [0.05, 0.1) is 0 Å². The second kappa shape index (κ2) is 6.56. The monoisotopic (exact) mass is 468 g/mol. The number of aryl methyl sites for hydroxylation is 2. The molecule has 0 aliphatic heterocycles. The van der Waals surface area contributed by atoms with Crippen LogP contribution in [0.4, 0.5) is 0 Å². The van der Waals surface area contributed by atoms with Gasteiger partial charge in [0.1, 0.15) is 0 Å². The van der Waals surface area contributed by atoms with Crippen LogP contribution >= 0.6 is 22.7 Å². The van der Waals surface area contributed by atoms with Crippen LogP contribution in [0.3, 0.4) is 0 Å². The van der Waals surface area contributed by atoms with Crippen molar-refractivity contribution >= 4 is 95.3 Å². The summed E-state index contributed by atoms with van der Waals surface area (Å²) in [5.74, 6) is 0. The van der Waals surface area contributed by atoms with Crippen molar-refractivity contribution in [3.05, 3.63) is 96.1 Å². The number of hydrogen-bond acceptors (Lipinski definition) is 2. The molecule has 2 heteroatoms. The molecule has 0 saturated carbocycles. The van der Waals surface area contributed by atoms with E-state index in [9.17, 15) is 0 Å². The summed E-state index contributed by atoms with van der Waals surface area (Å²) in [5, 5.41) is 13.5. The van der Waals surface area contributed by atoms with Crippen molar-refractivity contribution < 1.29 is 0 Å². The Labute approximate surface area is 204 Å². The molecule has 2 aromatic heterocycles. The maximum absolute atomic E-state index is 2.41. The van der Waals surface area contributed by atoms with Crippen LogP contribution in [0.15, 0.2) is 84.9 Å². The fourth-order valence-corrected chi connectivity index (χ4v) is 7.85. The summed E-state index contributed by atoms with van der Waals surface area (Å²) < 4.78 is 5.48. The quantitative estimate of drug-likeness (QED) is 0.208. The first kappa shape index (κ1) is 18.9. The number of benzene rings is 6. The van der Waals surface area contributed by atoms with Gasteiger partial charge >= 0.3 is 0 Å². The van der Waals surface area contributed by atoms with Crippen molar-refractivity contribution in [3.8, 4) is 0 Å². The minimum absolute atomic E-state index is 1.31. The van der Waals surface area contributed by atoms with Crippen LogP contribution in [-0.2, 0) is 0 Å². The van der Waals surface area contributed by atoms with E-state index in [1.165, 1.54) is 83.8 Å². The first-order valence-corrected chi connectivity index (χ1v) is 13.3. The molecule has 8 aromatic rings. The lowest BCUT2D eigenvalue weighted by atomic mass is 10.0. The maximum atomic E-state index is 2.41. The van der Waals surface area contributed by atoms with Gasteiger partial charge in [-0.1, -0.05) is 47.5 Å². The zero-order chi connectivity index (χ0) is 22.6. The van der Waals surface area contributed by atoms with Crippen LogP contribution in [0.1, 0.15) is 11.1 Å².